The molecule has 0 radical (unpaired) electrons. The minimum absolute atomic E-state index is 0.281. The van der Waals surface area contributed by atoms with Crippen molar-refractivity contribution in [3.63, 3.8) is 0 Å². The number of hydrogen-bond donors (Lipinski definition) is 1. The average molecular weight is 211 g/mol. The maximum atomic E-state index is 5.54. The van der Waals surface area contributed by atoms with Gasteiger partial charge >= 0.3 is 0 Å². The van der Waals surface area contributed by atoms with Crippen LogP contribution in [0.4, 0.5) is 0 Å². The monoisotopic (exact) mass is 211 g/mol. The first-order valence-corrected chi connectivity index (χ1v) is 6.09. The Kier molecular flexibility index (Phi) is 2.83. The van der Waals surface area contributed by atoms with Crippen LogP contribution >= 0.6 is 11.3 Å². The van der Waals surface area contributed by atoms with Crippen molar-refractivity contribution in [3.8, 4) is 0 Å². The summed E-state index contributed by atoms with van der Waals surface area (Å²) in [4.78, 5) is 0. The van der Waals surface area contributed by atoms with Crippen molar-refractivity contribution in [1.82, 2.24) is 10.2 Å². The SMILES string of the molecule is CC1(c2nnc(CN)s2)CCCCC1. The topological polar surface area (TPSA) is 51.8 Å². The lowest BCUT2D eigenvalue weighted by molar-refractivity contribution is 0.317. The van der Waals surface area contributed by atoms with Gasteiger partial charge in [-0.25, -0.2) is 0 Å². The van der Waals surface area contributed by atoms with Crippen molar-refractivity contribution in [2.45, 2.75) is 51.0 Å². The molecule has 0 atom stereocenters. The van der Waals surface area contributed by atoms with Gasteiger partial charge in [-0.15, -0.1) is 10.2 Å². The molecule has 1 fully saturated rings. The summed E-state index contributed by atoms with van der Waals surface area (Å²) in [6, 6.07) is 0. The van der Waals surface area contributed by atoms with Gasteiger partial charge in [0.1, 0.15) is 10.0 Å². The molecule has 14 heavy (non-hydrogen) atoms. The van der Waals surface area contributed by atoms with Crippen LogP contribution < -0.4 is 5.73 Å². The lowest BCUT2D eigenvalue weighted by Gasteiger charge is -2.30. The Labute approximate surface area is 88.7 Å². The standard InChI is InChI=1S/C10H17N3S/c1-10(5-3-2-4-6-10)9-13-12-8(7-11)14-9/h2-7,11H2,1H3. The molecule has 4 heteroatoms. The molecule has 1 aliphatic carbocycles. The highest BCUT2D eigenvalue weighted by Gasteiger charge is 2.32. The fraction of sp³-hybridized carbons (Fsp3) is 0.800. The Morgan fingerprint density at radius 3 is 2.57 bits per heavy atom. The van der Waals surface area contributed by atoms with E-state index in [1.165, 1.54) is 37.1 Å². The number of nitrogens with zero attached hydrogens (tertiary/aromatic N) is 2. The average Bonchev–Trinajstić information content (AvgIpc) is 2.67. The van der Waals surface area contributed by atoms with Gasteiger partial charge in [0.25, 0.3) is 0 Å². The first kappa shape index (κ1) is 10.1. The number of rotatable bonds is 2. The third-order valence-electron chi connectivity index (χ3n) is 3.11. The zero-order valence-electron chi connectivity index (χ0n) is 8.62. The smallest absolute Gasteiger partial charge is 0.131 e. The molecule has 0 spiro atoms. The zero-order chi connectivity index (χ0) is 10.0. The van der Waals surface area contributed by atoms with Gasteiger partial charge in [0, 0.05) is 12.0 Å². The molecule has 0 aromatic carbocycles. The van der Waals surface area contributed by atoms with Crippen molar-refractivity contribution >= 4 is 11.3 Å². The predicted octanol–water partition coefficient (Wildman–Crippen LogP) is 2.22. The second kappa shape index (κ2) is 3.95. The largest absolute Gasteiger partial charge is 0.324 e. The van der Waals surface area contributed by atoms with E-state index in [0.717, 1.165) is 5.01 Å². The minimum atomic E-state index is 0.281. The highest BCUT2D eigenvalue weighted by atomic mass is 32.1. The maximum Gasteiger partial charge on any atom is 0.131 e. The van der Waals surface area contributed by atoms with Crippen LogP contribution in [0.2, 0.25) is 0 Å². The van der Waals surface area contributed by atoms with Crippen LogP contribution in [0.3, 0.4) is 0 Å². The Bertz CT molecular complexity index is 302. The van der Waals surface area contributed by atoms with Crippen LogP contribution in [0.5, 0.6) is 0 Å². The first-order chi connectivity index (χ1) is 6.74. The van der Waals surface area contributed by atoms with Gasteiger partial charge in [-0.3, -0.25) is 0 Å². The van der Waals surface area contributed by atoms with Crippen LogP contribution in [0, 0.1) is 0 Å². The Hall–Kier alpha value is -0.480. The third-order valence-corrected chi connectivity index (χ3v) is 4.37. The summed E-state index contributed by atoms with van der Waals surface area (Å²) < 4.78 is 0. The summed E-state index contributed by atoms with van der Waals surface area (Å²) in [5, 5.41) is 10.5. The second-order valence-electron chi connectivity index (χ2n) is 4.33. The summed E-state index contributed by atoms with van der Waals surface area (Å²) in [6.07, 6.45) is 6.54. The van der Waals surface area contributed by atoms with Crippen LogP contribution in [0.1, 0.15) is 49.0 Å². The van der Waals surface area contributed by atoms with E-state index in [-0.39, 0.29) is 5.41 Å². The number of hydrogen-bond acceptors (Lipinski definition) is 4. The molecule has 1 aromatic rings. The van der Waals surface area contributed by atoms with Gasteiger partial charge in [0.2, 0.25) is 0 Å². The summed E-state index contributed by atoms with van der Waals surface area (Å²) in [6.45, 7) is 2.83. The van der Waals surface area contributed by atoms with Gasteiger partial charge < -0.3 is 5.73 Å². The fourth-order valence-corrected chi connectivity index (χ4v) is 3.05. The molecule has 1 saturated carbocycles. The molecule has 1 aliphatic rings. The Morgan fingerprint density at radius 1 is 1.29 bits per heavy atom. The van der Waals surface area contributed by atoms with Gasteiger partial charge in [0.05, 0.1) is 0 Å². The van der Waals surface area contributed by atoms with E-state index in [9.17, 15) is 0 Å². The van der Waals surface area contributed by atoms with E-state index in [2.05, 4.69) is 17.1 Å². The molecule has 0 unspecified atom stereocenters. The molecule has 0 bridgehead atoms. The first-order valence-electron chi connectivity index (χ1n) is 5.27. The molecule has 3 nitrogen and oxygen atoms in total. The van der Waals surface area contributed by atoms with Gasteiger partial charge in [-0.05, 0) is 12.8 Å². The quantitative estimate of drug-likeness (QED) is 0.816. The predicted molar refractivity (Wildman–Crippen MR) is 58.2 cm³/mol. The van der Waals surface area contributed by atoms with Crippen LogP contribution in [0.15, 0.2) is 0 Å². The summed E-state index contributed by atoms with van der Waals surface area (Å²) in [7, 11) is 0. The maximum absolute atomic E-state index is 5.54. The Morgan fingerprint density at radius 2 is 2.00 bits per heavy atom. The molecule has 0 amide bonds. The van der Waals surface area contributed by atoms with Gasteiger partial charge in [-0.2, -0.15) is 0 Å². The van der Waals surface area contributed by atoms with Crippen LogP contribution in [-0.2, 0) is 12.0 Å². The lowest BCUT2D eigenvalue weighted by Crippen LogP contribution is -2.24. The van der Waals surface area contributed by atoms with E-state index in [1.807, 2.05) is 0 Å². The van der Waals surface area contributed by atoms with E-state index >= 15 is 0 Å². The number of aromatic nitrogens is 2. The summed E-state index contributed by atoms with van der Waals surface area (Å²) in [5.74, 6) is 0. The molecule has 0 saturated heterocycles. The van der Waals surface area contributed by atoms with E-state index in [1.54, 1.807) is 11.3 Å². The molecule has 1 heterocycles. The van der Waals surface area contributed by atoms with Gasteiger partial charge in [-0.1, -0.05) is 37.5 Å². The highest BCUT2D eigenvalue weighted by Crippen LogP contribution is 2.39. The van der Waals surface area contributed by atoms with E-state index in [0.29, 0.717) is 6.54 Å². The van der Waals surface area contributed by atoms with Crippen molar-refractivity contribution in [1.29, 1.82) is 0 Å². The lowest BCUT2D eigenvalue weighted by atomic mass is 9.76. The van der Waals surface area contributed by atoms with Crippen molar-refractivity contribution in [3.05, 3.63) is 10.0 Å². The molecular weight excluding hydrogens is 194 g/mol. The zero-order valence-corrected chi connectivity index (χ0v) is 9.44. The molecule has 2 N–H and O–H groups in total. The highest BCUT2D eigenvalue weighted by molar-refractivity contribution is 7.11. The van der Waals surface area contributed by atoms with Crippen LogP contribution in [0.25, 0.3) is 0 Å². The van der Waals surface area contributed by atoms with Gasteiger partial charge in [0.15, 0.2) is 0 Å². The van der Waals surface area contributed by atoms with E-state index in [4.69, 9.17) is 5.73 Å². The molecule has 1 aromatic heterocycles. The van der Waals surface area contributed by atoms with E-state index < -0.39 is 0 Å². The molecule has 78 valence electrons. The fourth-order valence-electron chi connectivity index (χ4n) is 2.13. The van der Waals surface area contributed by atoms with Crippen molar-refractivity contribution in [2.75, 3.05) is 0 Å². The normalized spacial score (nSPS) is 21.0. The number of nitrogens with two attached hydrogens (primary N) is 1. The summed E-state index contributed by atoms with van der Waals surface area (Å²) >= 11 is 1.69. The summed E-state index contributed by atoms with van der Waals surface area (Å²) in [5.41, 5.74) is 5.82. The van der Waals surface area contributed by atoms with Crippen molar-refractivity contribution < 1.29 is 0 Å². The minimum Gasteiger partial charge on any atom is -0.324 e. The molecule has 0 aliphatic heterocycles. The third kappa shape index (κ3) is 1.81. The molecular formula is C10H17N3S. The molecule has 2 rings (SSSR count). The second-order valence-corrected chi connectivity index (χ2v) is 5.39. The Balaban J connectivity index is 2.19. The van der Waals surface area contributed by atoms with Crippen molar-refractivity contribution in [2.24, 2.45) is 5.73 Å². The van der Waals surface area contributed by atoms with Crippen LogP contribution in [-0.4, -0.2) is 10.2 Å².